The van der Waals surface area contributed by atoms with E-state index in [1.165, 1.54) is 4.31 Å². The van der Waals surface area contributed by atoms with Crippen LogP contribution in [0.5, 0.6) is 0 Å². The van der Waals surface area contributed by atoms with Crippen LogP contribution in [0.1, 0.15) is 24.4 Å². The van der Waals surface area contributed by atoms with E-state index in [9.17, 15) is 21.6 Å². The van der Waals surface area contributed by atoms with Gasteiger partial charge in [0.2, 0.25) is 15.9 Å². The maximum atomic E-state index is 13.6. The Labute approximate surface area is 195 Å². The van der Waals surface area contributed by atoms with Crippen molar-refractivity contribution in [3.63, 3.8) is 0 Å². The van der Waals surface area contributed by atoms with Crippen molar-refractivity contribution in [2.24, 2.45) is 11.1 Å². The van der Waals surface area contributed by atoms with E-state index < -0.39 is 26.2 Å². The van der Waals surface area contributed by atoms with Gasteiger partial charge in [0, 0.05) is 32.7 Å². The number of carbonyl (C=O) groups is 1. The first-order valence-corrected chi connectivity index (χ1v) is 13.8. The van der Waals surface area contributed by atoms with E-state index in [1.54, 1.807) is 35.2 Å². The molecule has 0 aromatic heterocycles. The molecule has 2 N–H and O–H groups in total. The molecule has 4 rings (SSSR count). The van der Waals surface area contributed by atoms with Crippen molar-refractivity contribution in [3.8, 4) is 0 Å². The lowest BCUT2D eigenvalue weighted by molar-refractivity contribution is -0.138. The Morgan fingerprint density at radius 1 is 0.818 bits per heavy atom. The number of hydrogen-bond acceptors (Lipinski definition) is 5. The van der Waals surface area contributed by atoms with Crippen molar-refractivity contribution in [2.75, 3.05) is 32.7 Å². The second-order valence-corrected chi connectivity index (χ2v) is 11.8. The topological polar surface area (TPSA) is 121 Å². The molecule has 0 saturated carbocycles. The second-order valence-electron chi connectivity index (χ2n) is 8.36. The molecule has 1 amide bonds. The fraction of sp³-hybridized carbons (Fsp3) is 0.409. The Morgan fingerprint density at radius 3 is 1.97 bits per heavy atom. The number of amides is 1. The minimum Gasteiger partial charge on any atom is -0.340 e. The van der Waals surface area contributed by atoms with Gasteiger partial charge < -0.3 is 4.90 Å². The Hall–Kier alpha value is -2.31. The van der Waals surface area contributed by atoms with Gasteiger partial charge in [-0.2, -0.15) is 17.0 Å². The van der Waals surface area contributed by atoms with Crippen LogP contribution >= 0.6 is 0 Å². The molecule has 9 nitrogen and oxygen atoms in total. The number of nitrogens with zero attached hydrogens (tertiary/aromatic N) is 3. The Kier molecular flexibility index (Phi) is 6.87. The number of nitrogens with two attached hydrogens (primary N) is 1. The maximum absolute atomic E-state index is 13.6. The summed E-state index contributed by atoms with van der Waals surface area (Å²) >= 11 is 0. The number of benzene rings is 2. The van der Waals surface area contributed by atoms with Gasteiger partial charge in [-0.1, -0.05) is 48.5 Å². The SMILES string of the molecule is NS(=O)(=O)N1CCN(C(=O)C2CCC(c3ccccc3)N(S(=O)(=O)c3ccccc3)C2)CC1. The molecule has 2 aliphatic heterocycles. The van der Waals surface area contributed by atoms with Crippen molar-refractivity contribution < 1.29 is 21.6 Å². The first-order chi connectivity index (χ1) is 15.7. The average Bonchev–Trinajstić information content (AvgIpc) is 2.84. The lowest BCUT2D eigenvalue weighted by Gasteiger charge is -2.41. The lowest BCUT2D eigenvalue weighted by atomic mass is 9.90. The molecule has 2 fully saturated rings. The van der Waals surface area contributed by atoms with Crippen LogP contribution in [0, 0.1) is 5.92 Å². The number of piperidine rings is 1. The molecule has 0 radical (unpaired) electrons. The summed E-state index contributed by atoms with van der Waals surface area (Å²) in [4.78, 5) is 15.1. The van der Waals surface area contributed by atoms with Crippen LogP contribution in [0.2, 0.25) is 0 Å². The van der Waals surface area contributed by atoms with E-state index in [0.717, 1.165) is 9.87 Å². The average molecular weight is 493 g/mol. The molecule has 2 aromatic rings. The largest absolute Gasteiger partial charge is 0.340 e. The molecule has 178 valence electrons. The highest BCUT2D eigenvalue weighted by Crippen LogP contribution is 2.38. The van der Waals surface area contributed by atoms with Crippen molar-refractivity contribution in [1.82, 2.24) is 13.5 Å². The van der Waals surface area contributed by atoms with E-state index in [-0.39, 0.29) is 49.6 Å². The van der Waals surface area contributed by atoms with Crippen molar-refractivity contribution in [2.45, 2.75) is 23.8 Å². The Bertz CT molecular complexity index is 1180. The molecule has 2 atom stereocenters. The van der Waals surface area contributed by atoms with Gasteiger partial charge in [-0.25, -0.2) is 13.6 Å². The Balaban J connectivity index is 1.57. The van der Waals surface area contributed by atoms with Crippen LogP contribution in [0.25, 0.3) is 0 Å². The third-order valence-corrected chi connectivity index (χ3v) is 9.30. The number of carbonyl (C=O) groups excluding carboxylic acids is 1. The smallest absolute Gasteiger partial charge is 0.277 e. The molecule has 2 unspecified atom stereocenters. The van der Waals surface area contributed by atoms with E-state index >= 15 is 0 Å². The van der Waals surface area contributed by atoms with Crippen LogP contribution in [-0.4, -0.2) is 69.0 Å². The van der Waals surface area contributed by atoms with Crippen LogP contribution in [-0.2, 0) is 25.0 Å². The molecule has 0 bridgehead atoms. The quantitative estimate of drug-likeness (QED) is 0.672. The minimum absolute atomic E-state index is 0.0744. The highest BCUT2D eigenvalue weighted by atomic mass is 32.2. The fourth-order valence-electron chi connectivity index (χ4n) is 4.56. The minimum atomic E-state index is -3.83. The first kappa shape index (κ1) is 23.8. The summed E-state index contributed by atoms with van der Waals surface area (Å²) in [6.45, 7) is 0.815. The molecule has 2 aromatic carbocycles. The predicted molar refractivity (Wildman–Crippen MR) is 124 cm³/mol. The third-order valence-electron chi connectivity index (χ3n) is 6.33. The van der Waals surface area contributed by atoms with Crippen LogP contribution in [0.3, 0.4) is 0 Å². The van der Waals surface area contributed by atoms with Crippen molar-refractivity contribution in [3.05, 3.63) is 66.2 Å². The van der Waals surface area contributed by atoms with E-state index in [2.05, 4.69) is 0 Å². The number of rotatable bonds is 5. The summed E-state index contributed by atoms with van der Waals surface area (Å²) in [6.07, 6.45) is 1.07. The van der Waals surface area contributed by atoms with E-state index in [1.807, 2.05) is 30.3 Å². The number of sulfonamides is 1. The zero-order valence-electron chi connectivity index (χ0n) is 18.2. The van der Waals surface area contributed by atoms with Crippen molar-refractivity contribution in [1.29, 1.82) is 0 Å². The van der Waals surface area contributed by atoms with Crippen LogP contribution in [0.4, 0.5) is 0 Å². The number of hydrogen-bond donors (Lipinski definition) is 1. The van der Waals surface area contributed by atoms with Crippen LogP contribution in [0.15, 0.2) is 65.6 Å². The summed E-state index contributed by atoms with van der Waals surface area (Å²) in [5, 5.41) is 5.19. The molecule has 2 aliphatic rings. The molecule has 0 spiro atoms. The van der Waals surface area contributed by atoms with Gasteiger partial charge in [0.05, 0.1) is 16.9 Å². The first-order valence-electron chi connectivity index (χ1n) is 10.9. The third kappa shape index (κ3) is 5.12. The molecule has 11 heteroatoms. The normalized spacial score (nSPS) is 23.4. The zero-order chi connectivity index (χ0) is 23.6. The molecule has 0 aliphatic carbocycles. The van der Waals surface area contributed by atoms with Gasteiger partial charge in [-0.3, -0.25) is 4.79 Å². The van der Waals surface area contributed by atoms with Gasteiger partial charge in [0.1, 0.15) is 0 Å². The van der Waals surface area contributed by atoms with Crippen LogP contribution < -0.4 is 5.14 Å². The molecule has 2 heterocycles. The second kappa shape index (κ2) is 9.51. The van der Waals surface area contributed by atoms with Gasteiger partial charge >= 0.3 is 0 Å². The van der Waals surface area contributed by atoms with Gasteiger partial charge in [-0.05, 0) is 30.5 Å². The highest BCUT2D eigenvalue weighted by molar-refractivity contribution is 7.89. The monoisotopic (exact) mass is 492 g/mol. The summed E-state index contributed by atoms with van der Waals surface area (Å²) in [7, 11) is -7.61. The number of piperazine rings is 1. The maximum Gasteiger partial charge on any atom is 0.277 e. The summed E-state index contributed by atoms with van der Waals surface area (Å²) in [6, 6.07) is 17.4. The summed E-state index contributed by atoms with van der Waals surface area (Å²) in [5.41, 5.74) is 0.893. The predicted octanol–water partition coefficient (Wildman–Crippen LogP) is 1.18. The van der Waals surface area contributed by atoms with Gasteiger partial charge in [-0.15, -0.1) is 0 Å². The van der Waals surface area contributed by atoms with Crippen molar-refractivity contribution >= 4 is 26.1 Å². The summed E-state index contributed by atoms with van der Waals surface area (Å²) < 4.78 is 52.9. The zero-order valence-corrected chi connectivity index (χ0v) is 19.8. The summed E-state index contributed by atoms with van der Waals surface area (Å²) in [5.74, 6) is -0.645. The molecular formula is C22H28N4O5S2. The standard InChI is InChI=1S/C22H28N4O5S2/c23-33(30,31)25-15-13-24(14-16-25)22(27)19-11-12-21(18-7-3-1-4-8-18)26(17-19)32(28,29)20-9-5-2-6-10-20/h1-10,19,21H,11-17H2,(H2,23,30,31). The Morgan fingerprint density at radius 2 is 1.39 bits per heavy atom. The fourth-order valence-corrected chi connectivity index (χ4v) is 6.95. The highest BCUT2D eigenvalue weighted by Gasteiger charge is 2.41. The van der Waals surface area contributed by atoms with E-state index in [4.69, 9.17) is 5.14 Å². The van der Waals surface area contributed by atoms with E-state index in [0.29, 0.717) is 12.8 Å². The van der Waals surface area contributed by atoms with Gasteiger partial charge in [0.25, 0.3) is 10.2 Å². The molecule has 33 heavy (non-hydrogen) atoms. The molecular weight excluding hydrogens is 464 g/mol. The van der Waals surface area contributed by atoms with Gasteiger partial charge in [0.15, 0.2) is 0 Å². The molecule has 2 saturated heterocycles. The lowest BCUT2D eigenvalue weighted by Crippen LogP contribution is -2.55.